The molecule has 7 aromatic carbocycles. The third-order valence-electron chi connectivity index (χ3n) is 14.1. The molecule has 2 heterocycles. The van der Waals surface area contributed by atoms with E-state index >= 15 is 0 Å². The van der Waals surface area contributed by atoms with Crippen LogP contribution in [0, 0.1) is 5.92 Å². The fourth-order valence-corrected chi connectivity index (χ4v) is 11.2. The summed E-state index contributed by atoms with van der Waals surface area (Å²) in [7, 11) is 0. The fourth-order valence-electron chi connectivity index (χ4n) is 11.2. The second-order valence-corrected chi connectivity index (χ2v) is 17.9. The molecular weight excluding hydrogens is 743 g/mol. The third-order valence-corrected chi connectivity index (χ3v) is 14.1. The van der Waals surface area contributed by atoms with E-state index in [2.05, 4.69) is 217 Å². The highest BCUT2D eigenvalue weighted by atomic mass is 16.5. The first-order valence-corrected chi connectivity index (χ1v) is 22.1. The molecular formula is C57H49N3O. The molecule has 0 amide bonds. The van der Waals surface area contributed by atoms with Crippen LogP contribution in [0.5, 0.6) is 5.75 Å². The van der Waals surface area contributed by atoms with E-state index in [1.807, 2.05) is 0 Å². The summed E-state index contributed by atoms with van der Waals surface area (Å²) >= 11 is 0. The number of rotatable bonds is 5. The SMILES string of the molecule is CC1(C)C2=CC(/C=C/c3ccc4cc(N5c6ccccc6N(c6ccccc6)c6ccccc65)ccc4c3)CCC2c2ccc(N3c4ccccc4OC4C=CCCC43)cc21. The standard InChI is InChI=1S/C57H49N3O/c1-57(2)47-35-39(27-32-45(47)46-33-31-44(37-48(46)57)60-53-20-10-12-22-55(53)61-56-23-13-11-21-54(56)60)25-24-38-26-28-41-36-43(30-29-40(41)34-38)59-51-18-8-6-16-49(51)58(42-14-4-3-5-15-42)50-17-7-9-19-52(50)59/h3-10,12-20,22-26,28-31,33-37,39,45,54,56H,11,21,27,32H2,1-2H3/b25-24+. The lowest BCUT2D eigenvalue weighted by Crippen LogP contribution is -2.47. The lowest BCUT2D eigenvalue weighted by molar-refractivity contribution is 0.190. The van der Waals surface area contributed by atoms with Crippen molar-refractivity contribution in [1.82, 2.24) is 0 Å². The van der Waals surface area contributed by atoms with Gasteiger partial charge in [-0.2, -0.15) is 0 Å². The normalized spacial score (nSPS) is 21.8. The van der Waals surface area contributed by atoms with Crippen molar-refractivity contribution >= 4 is 62.3 Å². The molecule has 4 atom stereocenters. The van der Waals surface area contributed by atoms with Crippen molar-refractivity contribution in [2.75, 3.05) is 14.7 Å². The zero-order chi connectivity index (χ0) is 40.7. The lowest BCUT2D eigenvalue weighted by atomic mass is 9.74. The lowest BCUT2D eigenvalue weighted by Gasteiger charge is -2.44. The molecule has 4 nitrogen and oxygen atoms in total. The van der Waals surface area contributed by atoms with E-state index in [0.29, 0.717) is 17.9 Å². The molecule has 0 saturated heterocycles. The second-order valence-electron chi connectivity index (χ2n) is 17.9. The van der Waals surface area contributed by atoms with Crippen LogP contribution in [-0.4, -0.2) is 12.1 Å². The Morgan fingerprint density at radius 1 is 0.590 bits per heavy atom. The van der Waals surface area contributed by atoms with Gasteiger partial charge in [-0.05, 0) is 144 Å². The van der Waals surface area contributed by atoms with Gasteiger partial charge in [-0.3, -0.25) is 0 Å². The highest BCUT2D eigenvalue weighted by Crippen LogP contribution is 2.57. The fraction of sp³-hybridized carbons (Fsp3) is 0.193. The number of nitrogens with zero attached hydrogens (tertiary/aromatic N) is 3. The molecule has 12 rings (SSSR count). The molecule has 0 N–H and O–H groups in total. The number of hydrogen-bond donors (Lipinski definition) is 0. The average molecular weight is 792 g/mol. The van der Waals surface area contributed by atoms with Crippen LogP contribution in [0.25, 0.3) is 16.8 Å². The monoisotopic (exact) mass is 791 g/mol. The van der Waals surface area contributed by atoms with E-state index < -0.39 is 0 Å². The molecule has 0 fully saturated rings. The minimum atomic E-state index is -0.0317. The molecule has 0 saturated carbocycles. The summed E-state index contributed by atoms with van der Waals surface area (Å²) in [5.41, 5.74) is 15.2. The summed E-state index contributed by atoms with van der Waals surface area (Å²) in [6.07, 6.45) is 16.5. The first-order chi connectivity index (χ1) is 30.0. The van der Waals surface area contributed by atoms with Crippen molar-refractivity contribution < 1.29 is 4.74 Å². The van der Waals surface area contributed by atoms with Crippen molar-refractivity contribution in [3.05, 3.63) is 204 Å². The van der Waals surface area contributed by atoms with Gasteiger partial charge in [-0.25, -0.2) is 0 Å². The molecule has 0 aromatic heterocycles. The van der Waals surface area contributed by atoms with E-state index in [4.69, 9.17) is 4.74 Å². The molecule has 0 bridgehead atoms. The molecule has 4 unspecified atom stereocenters. The Hall–Kier alpha value is -6.78. The van der Waals surface area contributed by atoms with Crippen molar-refractivity contribution in [3.8, 4) is 5.75 Å². The largest absolute Gasteiger partial charge is 0.482 e. The second kappa shape index (κ2) is 14.2. The van der Waals surface area contributed by atoms with Crippen LogP contribution in [0.4, 0.5) is 45.5 Å². The number of allylic oxidation sites excluding steroid dienone is 4. The highest BCUT2D eigenvalue weighted by Gasteiger charge is 2.44. The van der Waals surface area contributed by atoms with Gasteiger partial charge in [-0.15, -0.1) is 0 Å². The quantitative estimate of drug-likeness (QED) is 0.162. The Kier molecular flexibility index (Phi) is 8.38. The Morgan fingerprint density at radius 3 is 2.02 bits per heavy atom. The van der Waals surface area contributed by atoms with Gasteiger partial charge in [0.2, 0.25) is 0 Å². The van der Waals surface area contributed by atoms with Gasteiger partial charge in [0.1, 0.15) is 11.9 Å². The average Bonchev–Trinajstić information content (AvgIpc) is 3.53. The summed E-state index contributed by atoms with van der Waals surface area (Å²) in [6, 6.07) is 58.2. The Bertz CT molecular complexity index is 2890. The molecule has 0 spiro atoms. The first kappa shape index (κ1) is 36.1. The molecule has 298 valence electrons. The number of para-hydroxylation sites is 7. The molecule has 61 heavy (non-hydrogen) atoms. The summed E-state index contributed by atoms with van der Waals surface area (Å²) in [4.78, 5) is 7.36. The number of benzene rings is 7. The predicted molar refractivity (Wildman–Crippen MR) is 254 cm³/mol. The van der Waals surface area contributed by atoms with Crippen LogP contribution in [0.15, 0.2) is 188 Å². The maximum absolute atomic E-state index is 6.50. The summed E-state index contributed by atoms with van der Waals surface area (Å²) in [6.45, 7) is 4.90. The molecule has 3 aliphatic carbocycles. The van der Waals surface area contributed by atoms with Gasteiger partial charge in [0, 0.05) is 28.4 Å². The van der Waals surface area contributed by atoms with Crippen molar-refractivity contribution in [1.29, 1.82) is 0 Å². The molecule has 2 aliphatic heterocycles. The van der Waals surface area contributed by atoms with Crippen LogP contribution < -0.4 is 19.4 Å². The van der Waals surface area contributed by atoms with Crippen LogP contribution in [0.2, 0.25) is 0 Å². The van der Waals surface area contributed by atoms with Crippen molar-refractivity contribution in [2.45, 2.75) is 63.0 Å². The zero-order valence-corrected chi connectivity index (χ0v) is 34.8. The molecule has 5 aliphatic rings. The van der Waals surface area contributed by atoms with E-state index in [-0.39, 0.29) is 11.5 Å². The van der Waals surface area contributed by atoms with E-state index in [0.717, 1.165) is 36.4 Å². The Labute approximate surface area is 359 Å². The highest BCUT2D eigenvalue weighted by molar-refractivity contribution is 6.02. The molecule has 0 radical (unpaired) electrons. The zero-order valence-electron chi connectivity index (χ0n) is 34.8. The van der Waals surface area contributed by atoms with Gasteiger partial charge in [0.15, 0.2) is 0 Å². The van der Waals surface area contributed by atoms with Crippen molar-refractivity contribution in [2.24, 2.45) is 5.92 Å². The summed E-state index contributed by atoms with van der Waals surface area (Å²) < 4.78 is 6.50. The minimum absolute atomic E-state index is 0.0317. The van der Waals surface area contributed by atoms with Crippen molar-refractivity contribution in [3.63, 3.8) is 0 Å². The van der Waals surface area contributed by atoms with E-state index in [9.17, 15) is 0 Å². The predicted octanol–water partition coefficient (Wildman–Crippen LogP) is 15.1. The van der Waals surface area contributed by atoms with Crippen LogP contribution in [-0.2, 0) is 5.41 Å². The molecule has 7 aromatic rings. The topological polar surface area (TPSA) is 19.0 Å². The third kappa shape index (κ3) is 5.87. The van der Waals surface area contributed by atoms with E-state index in [1.54, 1.807) is 5.57 Å². The number of ether oxygens (including phenoxy) is 1. The van der Waals surface area contributed by atoms with Gasteiger partial charge in [-0.1, -0.05) is 123 Å². The summed E-state index contributed by atoms with van der Waals surface area (Å²) in [5, 5.41) is 2.48. The van der Waals surface area contributed by atoms with E-state index in [1.165, 1.54) is 68.0 Å². The minimum Gasteiger partial charge on any atom is -0.482 e. The van der Waals surface area contributed by atoms with Crippen LogP contribution in [0.3, 0.4) is 0 Å². The maximum atomic E-state index is 6.50. The van der Waals surface area contributed by atoms with Gasteiger partial charge >= 0.3 is 0 Å². The maximum Gasteiger partial charge on any atom is 0.143 e. The smallest absolute Gasteiger partial charge is 0.143 e. The van der Waals surface area contributed by atoms with Gasteiger partial charge in [0.25, 0.3) is 0 Å². The summed E-state index contributed by atoms with van der Waals surface area (Å²) in [5.74, 6) is 1.87. The molecule has 4 heteroatoms. The Morgan fingerprint density at radius 2 is 1.25 bits per heavy atom. The first-order valence-electron chi connectivity index (χ1n) is 22.1. The number of fused-ring (bicyclic) bond motifs is 8. The van der Waals surface area contributed by atoms with Gasteiger partial charge < -0.3 is 19.4 Å². The van der Waals surface area contributed by atoms with Gasteiger partial charge in [0.05, 0.1) is 34.5 Å². The van der Waals surface area contributed by atoms with Crippen LogP contribution in [0.1, 0.15) is 62.1 Å². The van der Waals surface area contributed by atoms with Crippen LogP contribution >= 0.6 is 0 Å². The number of anilines is 8. The number of hydrogen-bond acceptors (Lipinski definition) is 4. The Balaban J connectivity index is 0.817.